The molecular weight excluding hydrogens is 389 g/mol. The summed E-state index contributed by atoms with van der Waals surface area (Å²) in [4.78, 5) is 28.9. The average Bonchev–Trinajstić information content (AvgIpc) is 3.41. The number of nitrogens with one attached hydrogen (secondary N) is 1. The number of furan rings is 1. The molecule has 1 N–H and O–H groups in total. The van der Waals surface area contributed by atoms with Gasteiger partial charge < -0.3 is 24.3 Å². The Morgan fingerprint density at radius 1 is 1.23 bits per heavy atom. The van der Waals surface area contributed by atoms with Crippen molar-refractivity contribution in [2.24, 2.45) is 0 Å². The minimum absolute atomic E-state index is 0.0244. The van der Waals surface area contributed by atoms with E-state index in [1.54, 1.807) is 35.4 Å². The first-order chi connectivity index (χ1) is 14.4. The molecular formula is C22H28FN3O4. The molecule has 0 saturated carbocycles. The number of hydrogen-bond acceptors (Lipinski definition) is 4. The van der Waals surface area contributed by atoms with Crippen LogP contribution in [-0.2, 0) is 16.1 Å². The van der Waals surface area contributed by atoms with Gasteiger partial charge in [0.1, 0.15) is 18.1 Å². The molecule has 2 aromatic rings. The molecule has 0 bridgehead atoms. The first-order valence-corrected chi connectivity index (χ1v) is 10.2. The van der Waals surface area contributed by atoms with Crippen molar-refractivity contribution in [2.45, 2.75) is 45.4 Å². The van der Waals surface area contributed by atoms with E-state index in [1.807, 2.05) is 13.8 Å². The lowest BCUT2D eigenvalue weighted by Crippen LogP contribution is -2.48. The summed E-state index contributed by atoms with van der Waals surface area (Å²) >= 11 is 0. The van der Waals surface area contributed by atoms with E-state index in [0.29, 0.717) is 25.5 Å². The Morgan fingerprint density at radius 2 is 2.03 bits per heavy atom. The van der Waals surface area contributed by atoms with Crippen LogP contribution in [0.4, 0.5) is 14.9 Å². The molecule has 1 saturated heterocycles. The van der Waals surface area contributed by atoms with Crippen LogP contribution in [0.5, 0.6) is 0 Å². The molecule has 1 fully saturated rings. The van der Waals surface area contributed by atoms with E-state index in [9.17, 15) is 14.0 Å². The van der Waals surface area contributed by atoms with Crippen LogP contribution in [0.2, 0.25) is 0 Å². The maximum Gasteiger partial charge on any atom is 0.322 e. The molecule has 3 amide bonds. The predicted molar refractivity (Wildman–Crippen MR) is 110 cm³/mol. The number of hydrogen-bond donors (Lipinski definition) is 1. The number of amides is 3. The Kier molecular flexibility index (Phi) is 7.46. The van der Waals surface area contributed by atoms with Gasteiger partial charge in [-0.1, -0.05) is 12.1 Å². The van der Waals surface area contributed by atoms with E-state index in [4.69, 9.17) is 9.15 Å². The number of rotatable bonds is 8. The van der Waals surface area contributed by atoms with Crippen molar-refractivity contribution in [1.82, 2.24) is 9.80 Å². The van der Waals surface area contributed by atoms with Crippen molar-refractivity contribution in [2.75, 3.05) is 25.0 Å². The fraction of sp³-hybridized carbons (Fsp3) is 0.455. The number of ether oxygens (including phenoxy) is 1. The van der Waals surface area contributed by atoms with Gasteiger partial charge in [0.05, 0.1) is 24.6 Å². The molecule has 1 atom stereocenters. The fourth-order valence-corrected chi connectivity index (χ4v) is 3.36. The van der Waals surface area contributed by atoms with Gasteiger partial charge in [-0.25, -0.2) is 9.18 Å². The first kappa shape index (κ1) is 21.8. The molecule has 0 unspecified atom stereocenters. The maximum atomic E-state index is 13.9. The molecule has 0 radical (unpaired) electrons. The standard InChI is InChI=1S/C22H28FN3O4/c1-16(2)26(22(28)24-20-10-4-3-9-19(20)23)15-21(27)25(13-17-7-5-11-29-17)14-18-8-6-12-30-18/h3-5,7,9-11,16,18H,6,8,12-15H2,1-2H3,(H,24,28)/t18-/m0/s1. The summed E-state index contributed by atoms with van der Waals surface area (Å²) in [5.74, 6) is -0.0914. The third-order valence-electron chi connectivity index (χ3n) is 5.03. The topological polar surface area (TPSA) is 75.0 Å². The second kappa shape index (κ2) is 10.2. The van der Waals surface area contributed by atoms with E-state index < -0.39 is 11.8 Å². The van der Waals surface area contributed by atoms with Crippen LogP contribution in [0.1, 0.15) is 32.4 Å². The molecule has 0 aliphatic carbocycles. The van der Waals surface area contributed by atoms with Crippen LogP contribution < -0.4 is 5.32 Å². The number of carbonyl (C=O) groups excluding carboxylic acids is 2. The van der Waals surface area contributed by atoms with Crippen LogP contribution in [0.3, 0.4) is 0 Å². The van der Waals surface area contributed by atoms with Gasteiger partial charge in [-0.2, -0.15) is 0 Å². The van der Waals surface area contributed by atoms with Crippen LogP contribution in [-0.4, -0.2) is 53.6 Å². The molecule has 0 spiro atoms. The highest BCUT2D eigenvalue weighted by atomic mass is 19.1. The minimum atomic E-state index is -0.529. The Labute approximate surface area is 175 Å². The third-order valence-corrected chi connectivity index (χ3v) is 5.03. The van der Waals surface area contributed by atoms with Gasteiger partial charge in [0.2, 0.25) is 5.91 Å². The van der Waals surface area contributed by atoms with E-state index in [-0.39, 0.29) is 30.3 Å². The van der Waals surface area contributed by atoms with Crippen LogP contribution >= 0.6 is 0 Å². The first-order valence-electron chi connectivity index (χ1n) is 10.2. The second-order valence-electron chi connectivity index (χ2n) is 7.62. The molecule has 8 heteroatoms. The summed E-state index contributed by atoms with van der Waals surface area (Å²) in [6, 6.07) is 8.73. The van der Waals surface area contributed by atoms with E-state index in [2.05, 4.69) is 5.32 Å². The number of halogens is 1. The smallest absolute Gasteiger partial charge is 0.322 e. The summed E-state index contributed by atoms with van der Waals surface area (Å²) in [5, 5.41) is 2.55. The molecule has 2 heterocycles. The van der Waals surface area contributed by atoms with Gasteiger partial charge >= 0.3 is 6.03 Å². The van der Waals surface area contributed by atoms with Gasteiger partial charge in [-0.05, 0) is 51.0 Å². The Morgan fingerprint density at radius 3 is 2.67 bits per heavy atom. The van der Waals surface area contributed by atoms with Crippen molar-refractivity contribution in [3.63, 3.8) is 0 Å². The highest BCUT2D eigenvalue weighted by molar-refractivity contribution is 5.92. The number of para-hydroxylation sites is 1. The van der Waals surface area contributed by atoms with Crippen molar-refractivity contribution < 1.29 is 23.1 Å². The largest absolute Gasteiger partial charge is 0.467 e. The lowest BCUT2D eigenvalue weighted by atomic mass is 10.2. The van der Waals surface area contributed by atoms with E-state index in [1.165, 1.54) is 17.0 Å². The van der Waals surface area contributed by atoms with Gasteiger partial charge in [0, 0.05) is 19.2 Å². The summed E-state index contributed by atoms with van der Waals surface area (Å²) in [5.41, 5.74) is 0.0763. The number of anilines is 1. The Balaban J connectivity index is 1.69. The molecule has 7 nitrogen and oxygen atoms in total. The third kappa shape index (κ3) is 5.82. The zero-order valence-electron chi connectivity index (χ0n) is 17.3. The summed E-state index contributed by atoms with van der Waals surface area (Å²) in [6.45, 7) is 4.91. The highest BCUT2D eigenvalue weighted by Crippen LogP contribution is 2.17. The Hall–Kier alpha value is -2.87. The van der Waals surface area contributed by atoms with E-state index in [0.717, 1.165) is 12.8 Å². The number of benzene rings is 1. The van der Waals surface area contributed by atoms with Crippen LogP contribution in [0.15, 0.2) is 47.1 Å². The molecule has 1 aliphatic heterocycles. The fourth-order valence-electron chi connectivity index (χ4n) is 3.36. The molecule has 1 aromatic heterocycles. The normalized spacial score (nSPS) is 15.9. The molecule has 1 aliphatic rings. The van der Waals surface area contributed by atoms with Gasteiger partial charge in [-0.3, -0.25) is 4.79 Å². The summed E-state index contributed by atoms with van der Waals surface area (Å²) in [6.07, 6.45) is 3.40. The van der Waals surface area contributed by atoms with Crippen molar-refractivity contribution in [1.29, 1.82) is 0 Å². The predicted octanol–water partition coefficient (Wildman–Crippen LogP) is 3.87. The molecule has 1 aromatic carbocycles. The van der Waals surface area contributed by atoms with Crippen molar-refractivity contribution >= 4 is 17.6 Å². The maximum absolute atomic E-state index is 13.9. The Bertz CT molecular complexity index is 835. The quantitative estimate of drug-likeness (QED) is 0.708. The van der Waals surface area contributed by atoms with Gasteiger partial charge in [-0.15, -0.1) is 0 Å². The van der Waals surface area contributed by atoms with Crippen LogP contribution in [0.25, 0.3) is 0 Å². The molecule has 162 valence electrons. The zero-order chi connectivity index (χ0) is 21.5. The lowest BCUT2D eigenvalue weighted by molar-refractivity contribution is -0.134. The number of urea groups is 1. The summed E-state index contributed by atoms with van der Waals surface area (Å²) in [7, 11) is 0. The average molecular weight is 417 g/mol. The zero-order valence-corrected chi connectivity index (χ0v) is 17.3. The molecule has 3 rings (SSSR count). The minimum Gasteiger partial charge on any atom is -0.467 e. The van der Waals surface area contributed by atoms with Crippen LogP contribution in [0, 0.1) is 5.82 Å². The second-order valence-corrected chi connectivity index (χ2v) is 7.62. The van der Waals surface area contributed by atoms with Crippen molar-refractivity contribution in [3.8, 4) is 0 Å². The van der Waals surface area contributed by atoms with Gasteiger partial charge in [0.15, 0.2) is 0 Å². The lowest BCUT2D eigenvalue weighted by Gasteiger charge is -2.31. The van der Waals surface area contributed by atoms with E-state index >= 15 is 0 Å². The SMILES string of the molecule is CC(C)N(CC(=O)N(Cc1ccco1)C[C@@H]1CCCO1)C(=O)Nc1ccccc1F. The van der Waals surface area contributed by atoms with Gasteiger partial charge in [0.25, 0.3) is 0 Å². The van der Waals surface area contributed by atoms with Crippen molar-refractivity contribution in [3.05, 3.63) is 54.2 Å². The number of carbonyl (C=O) groups is 2. The highest BCUT2D eigenvalue weighted by Gasteiger charge is 2.27. The number of nitrogens with zero attached hydrogens (tertiary/aromatic N) is 2. The molecule has 30 heavy (non-hydrogen) atoms. The monoisotopic (exact) mass is 417 g/mol. The summed E-state index contributed by atoms with van der Waals surface area (Å²) < 4.78 is 25.0.